The van der Waals surface area contributed by atoms with Crippen LogP contribution < -0.4 is 5.69 Å². The summed E-state index contributed by atoms with van der Waals surface area (Å²) >= 11 is 0. The Kier molecular flexibility index (Phi) is 2.03. The van der Waals surface area contributed by atoms with Crippen molar-refractivity contribution in [2.45, 2.75) is 13.5 Å². The summed E-state index contributed by atoms with van der Waals surface area (Å²) in [6.07, 6.45) is 1.58. The van der Waals surface area contributed by atoms with Crippen LogP contribution in [-0.4, -0.2) is 25.3 Å². The van der Waals surface area contributed by atoms with Crippen molar-refractivity contribution >= 4 is 11.6 Å². The molecule has 0 unspecified atom stereocenters. The number of fused-ring (bicyclic) bond motifs is 1. The van der Waals surface area contributed by atoms with Gasteiger partial charge in [-0.05, 0) is 24.6 Å². The van der Waals surface area contributed by atoms with E-state index in [-0.39, 0.29) is 0 Å². The topological polar surface area (TPSA) is 76.6 Å². The molecule has 6 nitrogen and oxygen atoms in total. The van der Waals surface area contributed by atoms with Gasteiger partial charge in [-0.3, -0.25) is 9.20 Å². The van der Waals surface area contributed by atoms with Gasteiger partial charge in [0.05, 0.1) is 0 Å². The highest BCUT2D eigenvalue weighted by atomic mass is 16.4. The van der Waals surface area contributed by atoms with E-state index in [9.17, 15) is 9.59 Å². The number of aromatic nitrogens is 3. The average molecular weight is 207 g/mol. The summed E-state index contributed by atoms with van der Waals surface area (Å²) < 4.78 is 2.24. The highest BCUT2D eigenvalue weighted by Crippen LogP contribution is 2.00. The molecule has 0 spiro atoms. The summed E-state index contributed by atoms with van der Waals surface area (Å²) in [6, 6.07) is 3.49. The number of rotatable bonds is 2. The molecule has 78 valence electrons. The second-order valence-electron chi connectivity index (χ2n) is 3.27. The van der Waals surface area contributed by atoms with Crippen molar-refractivity contribution in [3.63, 3.8) is 0 Å². The van der Waals surface area contributed by atoms with Gasteiger partial charge < -0.3 is 5.11 Å². The lowest BCUT2D eigenvalue weighted by Crippen LogP contribution is -2.24. The number of aliphatic carboxylic acids is 1. The van der Waals surface area contributed by atoms with Gasteiger partial charge in [-0.2, -0.15) is 0 Å². The van der Waals surface area contributed by atoms with Crippen LogP contribution in [0.5, 0.6) is 0 Å². The smallest absolute Gasteiger partial charge is 0.350 e. The Morgan fingerprint density at radius 1 is 1.60 bits per heavy atom. The molecule has 2 aromatic rings. The molecule has 0 bridgehead atoms. The maximum atomic E-state index is 11.6. The number of pyridine rings is 1. The fourth-order valence-electron chi connectivity index (χ4n) is 1.35. The lowest BCUT2D eigenvalue weighted by Gasteiger charge is -1.90. The first-order valence-corrected chi connectivity index (χ1v) is 4.35. The molecular weight excluding hydrogens is 198 g/mol. The molecule has 1 N–H and O–H groups in total. The van der Waals surface area contributed by atoms with Crippen LogP contribution in [0.15, 0.2) is 23.1 Å². The van der Waals surface area contributed by atoms with Crippen molar-refractivity contribution in [3.05, 3.63) is 34.4 Å². The van der Waals surface area contributed by atoms with Crippen molar-refractivity contribution in [1.82, 2.24) is 14.2 Å². The minimum absolute atomic E-state index is 0.417. The number of aryl methyl sites for hydroxylation is 1. The molecule has 0 amide bonds. The Morgan fingerprint density at radius 3 is 3.00 bits per heavy atom. The Hall–Kier alpha value is -2.11. The largest absolute Gasteiger partial charge is 0.480 e. The quantitative estimate of drug-likeness (QED) is 0.745. The van der Waals surface area contributed by atoms with Crippen LogP contribution in [0.1, 0.15) is 5.56 Å². The van der Waals surface area contributed by atoms with Crippen LogP contribution in [0.4, 0.5) is 0 Å². The van der Waals surface area contributed by atoms with Crippen LogP contribution in [0, 0.1) is 6.92 Å². The molecule has 15 heavy (non-hydrogen) atoms. The van der Waals surface area contributed by atoms with Crippen LogP contribution in [0.25, 0.3) is 5.65 Å². The molecule has 0 aliphatic carbocycles. The first-order chi connectivity index (χ1) is 7.08. The van der Waals surface area contributed by atoms with Gasteiger partial charge in [0.2, 0.25) is 0 Å². The van der Waals surface area contributed by atoms with Gasteiger partial charge in [0.1, 0.15) is 6.54 Å². The SMILES string of the molecule is Cc1ccn2c(=O)n(CC(=O)O)nc2c1. The van der Waals surface area contributed by atoms with Gasteiger partial charge >= 0.3 is 11.7 Å². The Bertz CT molecular complexity index is 582. The van der Waals surface area contributed by atoms with E-state index in [1.165, 1.54) is 4.40 Å². The monoisotopic (exact) mass is 207 g/mol. The third kappa shape index (κ3) is 1.61. The summed E-state index contributed by atoms with van der Waals surface area (Å²) in [4.78, 5) is 22.0. The molecule has 0 radical (unpaired) electrons. The number of nitrogens with zero attached hydrogens (tertiary/aromatic N) is 3. The van der Waals surface area contributed by atoms with E-state index in [0.29, 0.717) is 5.65 Å². The molecule has 2 aromatic heterocycles. The van der Waals surface area contributed by atoms with Gasteiger partial charge in [-0.15, -0.1) is 5.10 Å². The predicted octanol–water partition coefficient (Wildman–Crippen LogP) is -0.111. The third-order valence-corrected chi connectivity index (χ3v) is 2.03. The summed E-state index contributed by atoms with van der Waals surface area (Å²) in [7, 11) is 0. The first kappa shape index (κ1) is 9.45. The maximum Gasteiger partial charge on any atom is 0.350 e. The second kappa shape index (κ2) is 3.23. The molecule has 2 heterocycles. The highest BCUT2D eigenvalue weighted by molar-refractivity contribution is 5.66. The van der Waals surface area contributed by atoms with E-state index < -0.39 is 18.2 Å². The summed E-state index contributed by atoms with van der Waals surface area (Å²) in [5, 5.41) is 12.5. The number of hydrogen-bond donors (Lipinski definition) is 1. The van der Waals surface area contributed by atoms with Crippen LogP contribution in [-0.2, 0) is 11.3 Å². The average Bonchev–Trinajstić information content (AvgIpc) is 2.42. The lowest BCUT2D eigenvalue weighted by atomic mass is 10.3. The predicted molar refractivity (Wildman–Crippen MR) is 51.8 cm³/mol. The molecule has 6 heteroatoms. The van der Waals surface area contributed by atoms with E-state index in [1.54, 1.807) is 18.3 Å². The number of hydrogen-bond acceptors (Lipinski definition) is 3. The van der Waals surface area contributed by atoms with Gasteiger partial charge in [0.15, 0.2) is 5.65 Å². The van der Waals surface area contributed by atoms with Crippen LogP contribution in [0.3, 0.4) is 0 Å². The zero-order valence-corrected chi connectivity index (χ0v) is 8.04. The Morgan fingerprint density at radius 2 is 2.33 bits per heavy atom. The standard InChI is InChI=1S/C9H9N3O3/c1-6-2-3-11-7(4-6)10-12(9(11)15)5-8(13)14/h2-4H,5H2,1H3,(H,13,14). The van der Waals surface area contributed by atoms with Gasteiger partial charge in [-0.1, -0.05) is 0 Å². The Labute approximate surface area is 84.4 Å². The molecular formula is C9H9N3O3. The molecule has 0 fully saturated rings. The minimum Gasteiger partial charge on any atom is -0.480 e. The molecule has 0 aliphatic heterocycles. The Balaban J connectivity index is 2.64. The lowest BCUT2D eigenvalue weighted by molar-refractivity contribution is -0.137. The highest BCUT2D eigenvalue weighted by Gasteiger charge is 2.08. The fourth-order valence-corrected chi connectivity index (χ4v) is 1.35. The van der Waals surface area contributed by atoms with E-state index >= 15 is 0 Å². The van der Waals surface area contributed by atoms with Gasteiger partial charge in [0, 0.05) is 6.20 Å². The van der Waals surface area contributed by atoms with Crippen molar-refractivity contribution < 1.29 is 9.90 Å². The van der Waals surface area contributed by atoms with E-state index in [0.717, 1.165) is 10.2 Å². The van der Waals surface area contributed by atoms with Crippen molar-refractivity contribution in [3.8, 4) is 0 Å². The molecule has 0 saturated heterocycles. The third-order valence-electron chi connectivity index (χ3n) is 2.03. The number of carboxylic acids is 1. The van der Waals surface area contributed by atoms with Crippen molar-refractivity contribution in [2.75, 3.05) is 0 Å². The van der Waals surface area contributed by atoms with Gasteiger partial charge in [0.25, 0.3) is 0 Å². The number of carboxylic acid groups (broad SMARTS) is 1. The second-order valence-corrected chi connectivity index (χ2v) is 3.27. The summed E-state index contributed by atoms with van der Waals surface area (Å²) in [5.41, 5.74) is 0.989. The normalized spacial score (nSPS) is 10.7. The zero-order valence-electron chi connectivity index (χ0n) is 8.04. The fraction of sp³-hybridized carbons (Fsp3) is 0.222. The number of carbonyl (C=O) groups is 1. The van der Waals surface area contributed by atoms with E-state index in [4.69, 9.17) is 5.11 Å². The van der Waals surface area contributed by atoms with Crippen molar-refractivity contribution in [2.24, 2.45) is 0 Å². The molecule has 2 rings (SSSR count). The molecule has 0 aliphatic rings. The van der Waals surface area contributed by atoms with Gasteiger partial charge in [-0.25, -0.2) is 9.48 Å². The first-order valence-electron chi connectivity index (χ1n) is 4.35. The van der Waals surface area contributed by atoms with E-state index in [1.807, 2.05) is 6.92 Å². The molecule has 0 aromatic carbocycles. The molecule has 0 atom stereocenters. The molecule has 0 saturated carbocycles. The van der Waals surface area contributed by atoms with Crippen molar-refractivity contribution in [1.29, 1.82) is 0 Å². The summed E-state index contributed by atoms with van der Waals surface area (Å²) in [6.45, 7) is 1.46. The zero-order chi connectivity index (χ0) is 11.0. The van der Waals surface area contributed by atoms with Crippen LogP contribution in [0.2, 0.25) is 0 Å². The van der Waals surface area contributed by atoms with Crippen LogP contribution >= 0.6 is 0 Å². The summed E-state index contributed by atoms with van der Waals surface area (Å²) in [5.74, 6) is -1.09. The maximum absolute atomic E-state index is 11.6. The minimum atomic E-state index is -1.09. The van der Waals surface area contributed by atoms with E-state index in [2.05, 4.69) is 5.10 Å².